The molecule has 3 rings (SSSR count). The molecule has 3 aliphatic carbocycles. The van der Waals surface area contributed by atoms with Gasteiger partial charge in [-0.15, -0.1) is 0 Å². The predicted molar refractivity (Wildman–Crippen MR) is 65.3 cm³/mol. The Balaban J connectivity index is 1.48. The molecule has 0 aromatic rings. The Kier molecular flexibility index (Phi) is 3.21. The van der Waals surface area contributed by atoms with E-state index in [4.69, 9.17) is 4.74 Å². The number of fused-ring (bicyclic) bond motifs is 5. The van der Waals surface area contributed by atoms with Crippen LogP contribution in [0.3, 0.4) is 0 Å². The lowest BCUT2D eigenvalue weighted by atomic mass is 9.79. The highest BCUT2D eigenvalue weighted by molar-refractivity contribution is 5.05. The molecule has 3 aliphatic rings. The Hall–Kier alpha value is -0.0800. The van der Waals surface area contributed by atoms with Gasteiger partial charge in [-0.1, -0.05) is 6.42 Å². The second kappa shape index (κ2) is 4.66. The molecule has 3 fully saturated rings. The molecule has 0 spiro atoms. The van der Waals surface area contributed by atoms with Crippen molar-refractivity contribution in [3.63, 3.8) is 0 Å². The fourth-order valence-corrected chi connectivity index (χ4v) is 4.81. The summed E-state index contributed by atoms with van der Waals surface area (Å²) in [6.45, 7) is 2.05. The van der Waals surface area contributed by atoms with E-state index in [1.54, 1.807) is 13.5 Å². The largest absolute Gasteiger partial charge is 0.385 e. The van der Waals surface area contributed by atoms with Crippen molar-refractivity contribution in [3.05, 3.63) is 0 Å². The van der Waals surface area contributed by atoms with Gasteiger partial charge in [-0.25, -0.2) is 0 Å². The Morgan fingerprint density at radius 2 is 2.00 bits per heavy atom. The van der Waals surface area contributed by atoms with Crippen LogP contribution in [0.2, 0.25) is 0 Å². The molecule has 0 saturated heterocycles. The SMILES string of the molecule is COCCCN[C@@H]1C[C@H]2C[C@H]1[C@H]1CCC[C@@H]21. The first-order chi connectivity index (χ1) is 7.90. The number of rotatable bonds is 5. The minimum atomic E-state index is 0.848. The van der Waals surface area contributed by atoms with Gasteiger partial charge >= 0.3 is 0 Å². The monoisotopic (exact) mass is 223 g/mol. The summed E-state index contributed by atoms with van der Waals surface area (Å²) >= 11 is 0. The van der Waals surface area contributed by atoms with E-state index in [0.717, 1.165) is 42.9 Å². The number of hydrogen-bond donors (Lipinski definition) is 1. The number of methoxy groups -OCH3 is 1. The summed E-state index contributed by atoms with van der Waals surface area (Å²) < 4.78 is 5.10. The summed E-state index contributed by atoms with van der Waals surface area (Å²) in [5, 5.41) is 3.78. The minimum Gasteiger partial charge on any atom is -0.385 e. The summed E-state index contributed by atoms with van der Waals surface area (Å²) in [6.07, 6.45) is 8.76. The van der Waals surface area contributed by atoms with Crippen molar-refractivity contribution in [3.8, 4) is 0 Å². The zero-order valence-electron chi connectivity index (χ0n) is 10.5. The van der Waals surface area contributed by atoms with Crippen molar-refractivity contribution in [2.75, 3.05) is 20.3 Å². The lowest BCUT2D eigenvalue weighted by Crippen LogP contribution is -2.39. The topological polar surface area (TPSA) is 21.3 Å². The maximum absolute atomic E-state index is 5.10. The summed E-state index contributed by atoms with van der Waals surface area (Å²) in [6, 6.07) is 0.848. The molecule has 0 aromatic carbocycles. The highest BCUT2D eigenvalue weighted by Gasteiger charge is 2.53. The fraction of sp³-hybridized carbons (Fsp3) is 1.00. The maximum Gasteiger partial charge on any atom is 0.0474 e. The van der Waals surface area contributed by atoms with E-state index in [-0.39, 0.29) is 0 Å². The van der Waals surface area contributed by atoms with Gasteiger partial charge in [0.2, 0.25) is 0 Å². The van der Waals surface area contributed by atoms with E-state index in [9.17, 15) is 0 Å². The van der Waals surface area contributed by atoms with Crippen molar-refractivity contribution >= 4 is 0 Å². The summed E-state index contributed by atoms with van der Waals surface area (Å²) in [5.41, 5.74) is 0. The number of nitrogens with one attached hydrogen (secondary N) is 1. The molecule has 0 amide bonds. The Labute approximate surface area is 99.1 Å². The molecule has 5 atom stereocenters. The van der Waals surface area contributed by atoms with E-state index < -0.39 is 0 Å². The van der Waals surface area contributed by atoms with E-state index in [0.29, 0.717) is 0 Å². The molecule has 92 valence electrons. The van der Waals surface area contributed by atoms with E-state index in [1.165, 1.54) is 32.1 Å². The zero-order chi connectivity index (χ0) is 11.0. The molecular formula is C14H25NO. The first-order valence-electron chi connectivity index (χ1n) is 7.12. The highest BCUT2D eigenvalue weighted by Crippen LogP contribution is 2.58. The van der Waals surface area contributed by atoms with Crippen molar-refractivity contribution in [2.45, 2.75) is 44.6 Å². The lowest BCUT2D eigenvalue weighted by Gasteiger charge is -2.32. The molecule has 0 unspecified atom stereocenters. The molecule has 16 heavy (non-hydrogen) atoms. The van der Waals surface area contributed by atoms with Gasteiger partial charge in [0.15, 0.2) is 0 Å². The Bertz CT molecular complexity index is 243. The molecular weight excluding hydrogens is 198 g/mol. The first-order valence-corrected chi connectivity index (χ1v) is 7.12. The highest BCUT2D eigenvalue weighted by atomic mass is 16.5. The molecule has 1 N–H and O–H groups in total. The third kappa shape index (κ3) is 1.80. The molecule has 2 bridgehead atoms. The normalized spacial score (nSPS) is 45.2. The molecule has 2 heteroatoms. The van der Waals surface area contributed by atoms with Gasteiger partial charge in [-0.3, -0.25) is 0 Å². The number of ether oxygens (including phenoxy) is 1. The van der Waals surface area contributed by atoms with Crippen LogP contribution in [0.25, 0.3) is 0 Å². The Morgan fingerprint density at radius 3 is 2.88 bits per heavy atom. The molecule has 0 aliphatic heterocycles. The fourth-order valence-electron chi connectivity index (χ4n) is 4.81. The van der Waals surface area contributed by atoms with Crippen LogP contribution in [0.15, 0.2) is 0 Å². The second-order valence-corrected chi connectivity index (χ2v) is 6.06. The van der Waals surface area contributed by atoms with Crippen LogP contribution < -0.4 is 5.32 Å². The molecule has 0 aromatic heterocycles. The van der Waals surface area contributed by atoms with Crippen molar-refractivity contribution in [1.82, 2.24) is 5.32 Å². The van der Waals surface area contributed by atoms with Crippen LogP contribution in [0.1, 0.15) is 38.5 Å². The van der Waals surface area contributed by atoms with E-state index in [1.807, 2.05) is 0 Å². The van der Waals surface area contributed by atoms with Crippen LogP contribution in [-0.2, 0) is 4.74 Å². The van der Waals surface area contributed by atoms with Crippen LogP contribution in [0, 0.1) is 23.7 Å². The molecule has 0 radical (unpaired) electrons. The van der Waals surface area contributed by atoms with Gasteiger partial charge in [0.1, 0.15) is 0 Å². The van der Waals surface area contributed by atoms with Gasteiger partial charge in [-0.2, -0.15) is 0 Å². The lowest BCUT2D eigenvalue weighted by molar-refractivity contribution is 0.181. The molecule has 2 nitrogen and oxygen atoms in total. The summed E-state index contributed by atoms with van der Waals surface area (Å²) in [7, 11) is 1.79. The van der Waals surface area contributed by atoms with Crippen molar-refractivity contribution in [1.29, 1.82) is 0 Å². The second-order valence-electron chi connectivity index (χ2n) is 6.06. The predicted octanol–water partition coefficient (Wildman–Crippen LogP) is 2.44. The van der Waals surface area contributed by atoms with Gasteiger partial charge in [0, 0.05) is 19.8 Å². The quantitative estimate of drug-likeness (QED) is 0.723. The van der Waals surface area contributed by atoms with Crippen LogP contribution in [0.5, 0.6) is 0 Å². The maximum atomic E-state index is 5.10. The van der Waals surface area contributed by atoms with Crippen LogP contribution in [-0.4, -0.2) is 26.3 Å². The van der Waals surface area contributed by atoms with Gasteiger partial charge in [0.05, 0.1) is 0 Å². The first kappa shape index (κ1) is 11.0. The van der Waals surface area contributed by atoms with Crippen LogP contribution >= 0.6 is 0 Å². The molecule has 0 heterocycles. The Morgan fingerprint density at radius 1 is 1.12 bits per heavy atom. The van der Waals surface area contributed by atoms with Crippen molar-refractivity contribution in [2.24, 2.45) is 23.7 Å². The average molecular weight is 223 g/mol. The number of hydrogen-bond acceptors (Lipinski definition) is 2. The smallest absolute Gasteiger partial charge is 0.0474 e. The average Bonchev–Trinajstić information content (AvgIpc) is 2.95. The van der Waals surface area contributed by atoms with E-state index in [2.05, 4.69) is 5.32 Å². The third-order valence-corrected chi connectivity index (χ3v) is 5.36. The summed E-state index contributed by atoms with van der Waals surface area (Å²) in [5.74, 6) is 4.33. The summed E-state index contributed by atoms with van der Waals surface area (Å²) in [4.78, 5) is 0. The van der Waals surface area contributed by atoms with Gasteiger partial charge in [0.25, 0.3) is 0 Å². The van der Waals surface area contributed by atoms with Gasteiger partial charge < -0.3 is 10.1 Å². The third-order valence-electron chi connectivity index (χ3n) is 5.36. The van der Waals surface area contributed by atoms with Crippen LogP contribution in [0.4, 0.5) is 0 Å². The van der Waals surface area contributed by atoms with Gasteiger partial charge in [-0.05, 0) is 62.3 Å². The standard InChI is InChI=1S/C14H25NO/c1-16-7-3-6-15-14-9-10-8-13(14)12-5-2-4-11(10)12/h10-15H,2-9H2,1H3/t10-,11+,12+,13+,14-/m1/s1. The van der Waals surface area contributed by atoms with Crippen molar-refractivity contribution < 1.29 is 4.74 Å². The van der Waals surface area contributed by atoms with E-state index >= 15 is 0 Å². The zero-order valence-corrected chi connectivity index (χ0v) is 10.5. The molecule has 3 saturated carbocycles. The minimum absolute atomic E-state index is 0.848.